The minimum atomic E-state index is -0.932. The van der Waals surface area contributed by atoms with Crippen molar-refractivity contribution in [2.75, 3.05) is 13.1 Å². The van der Waals surface area contributed by atoms with E-state index in [0.717, 1.165) is 37.9 Å². The first-order valence-corrected chi connectivity index (χ1v) is 7.59. The van der Waals surface area contributed by atoms with Crippen LogP contribution in [0.2, 0.25) is 0 Å². The molecule has 0 saturated carbocycles. The monoisotopic (exact) mass is 310 g/mol. The Kier molecular flexibility index (Phi) is 5.83. The molecule has 1 aliphatic rings. The van der Waals surface area contributed by atoms with Gasteiger partial charge in [-0.3, -0.25) is 4.79 Å². The number of halogens is 1. The van der Waals surface area contributed by atoms with Crippen LogP contribution in [0.5, 0.6) is 0 Å². The molecule has 1 aromatic rings. The van der Waals surface area contributed by atoms with Crippen molar-refractivity contribution in [2.45, 2.75) is 45.6 Å². The number of carbonyl (C=O) groups is 1. The molecule has 2 rings (SSSR count). The zero-order chi connectivity index (χ0) is 14.8. The first-order chi connectivity index (χ1) is 9.45. The van der Waals surface area contributed by atoms with Crippen LogP contribution in [0.15, 0.2) is 30.3 Å². The van der Waals surface area contributed by atoms with Gasteiger partial charge in [0.1, 0.15) is 5.54 Å². The molecule has 1 aromatic carbocycles. The zero-order valence-corrected chi connectivity index (χ0v) is 14.1. The maximum absolute atomic E-state index is 12.8. The molecule has 4 heteroatoms. The predicted molar refractivity (Wildman–Crippen MR) is 89.4 cm³/mol. The van der Waals surface area contributed by atoms with Gasteiger partial charge in [0.05, 0.1) is 0 Å². The molecular formula is C17H27ClN2O. The van der Waals surface area contributed by atoms with Crippen molar-refractivity contribution in [3.63, 3.8) is 0 Å². The minimum Gasteiger partial charge on any atom is -0.340 e. The third-order valence-electron chi connectivity index (χ3n) is 5.04. The van der Waals surface area contributed by atoms with E-state index in [2.05, 4.69) is 13.8 Å². The largest absolute Gasteiger partial charge is 0.340 e. The second-order valence-electron chi connectivity index (χ2n) is 6.25. The molecule has 1 amide bonds. The Balaban J connectivity index is 0.00000220. The van der Waals surface area contributed by atoms with E-state index in [1.165, 1.54) is 0 Å². The first-order valence-electron chi connectivity index (χ1n) is 7.59. The van der Waals surface area contributed by atoms with Crippen LogP contribution in [0.1, 0.15) is 45.6 Å². The number of hydrogen-bond donors (Lipinski definition) is 1. The van der Waals surface area contributed by atoms with Gasteiger partial charge in [-0.25, -0.2) is 0 Å². The maximum Gasteiger partial charge on any atom is 0.246 e. The summed E-state index contributed by atoms with van der Waals surface area (Å²) in [4.78, 5) is 14.7. The summed E-state index contributed by atoms with van der Waals surface area (Å²) in [5, 5.41) is 0. The quantitative estimate of drug-likeness (QED) is 0.927. The van der Waals surface area contributed by atoms with Crippen LogP contribution < -0.4 is 5.73 Å². The van der Waals surface area contributed by atoms with Gasteiger partial charge in [0.25, 0.3) is 0 Å². The van der Waals surface area contributed by atoms with Gasteiger partial charge in [-0.1, -0.05) is 44.2 Å². The van der Waals surface area contributed by atoms with Crippen LogP contribution in [-0.4, -0.2) is 23.9 Å². The van der Waals surface area contributed by atoms with E-state index >= 15 is 0 Å². The van der Waals surface area contributed by atoms with E-state index in [0.29, 0.717) is 5.41 Å². The maximum atomic E-state index is 12.8. The van der Waals surface area contributed by atoms with E-state index in [-0.39, 0.29) is 18.3 Å². The van der Waals surface area contributed by atoms with Gasteiger partial charge < -0.3 is 10.6 Å². The fraction of sp³-hybridized carbons (Fsp3) is 0.588. The number of rotatable bonds is 4. The van der Waals surface area contributed by atoms with Crippen LogP contribution in [0.25, 0.3) is 0 Å². The van der Waals surface area contributed by atoms with E-state index < -0.39 is 5.54 Å². The zero-order valence-electron chi connectivity index (χ0n) is 13.3. The standard InChI is InChI=1S/C17H26N2O.ClH/c1-4-17(5-2)11-12-19(13-17)15(20)16(3,18)14-9-7-6-8-10-14;/h6-10H,4-5,11-13,18H2,1-3H3;1H. The molecular weight excluding hydrogens is 284 g/mol. The number of likely N-dealkylation sites (tertiary alicyclic amines) is 1. The van der Waals surface area contributed by atoms with Crippen molar-refractivity contribution in [3.05, 3.63) is 35.9 Å². The molecule has 21 heavy (non-hydrogen) atoms. The molecule has 1 aliphatic heterocycles. The molecule has 1 atom stereocenters. The Hall–Kier alpha value is -1.06. The predicted octanol–water partition coefficient (Wildman–Crippen LogP) is 3.32. The molecule has 1 saturated heterocycles. The molecule has 0 aromatic heterocycles. The smallest absolute Gasteiger partial charge is 0.246 e. The number of carbonyl (C=O) groups excluding carboxylic acids is 1. The summed E-state index contributed by atoms with van der Waals surface area (Å²) in [6, 6.07) is 9.67. The van der Waals surface area contributed by atoms with Crippen molar-refractivity contribution in [2.24, 2.45) is 11.1 Å². The lowest BCUT2D eigenvalue weighted by Gasteiger charge is -2.31. The molecule has 0 spiro atoms. The molecule has 0 radical (unpaired) electrons. The Morgan fingerprint density at radius 2 is 1.86 bits per heavy atom. The first kappa shape index (κ1) is 18.0. The molecule has 1 fully saturated rings. The number of nitrogens with zero attached hydrogens (tertiary/aromatic N) is 1. The number of nitrogens with two attached hydrogens (primary N) is 1. The highest BCUT2D eigenvalue weighted by Crippen LogP contribution is 2.38. The highest BCUT2D eigenvalue weighted by Gasteiger charge is 2.42. The summed E-state index contributed by atoms with van der Waals surface area (Å²) >= 11 is 0. The van der Waals surface area contributed by atoms with Gasteiger partial charge in [0.15, 0.2) is 0 Å². The van der Waals surface area contributed by atoms with E-state index in [4.69, 9.17) is 5.73 Å². The number of benzene rings is 1. The van der Waals surface area contributed by atoms with Gasteiger partial charge in [0, 0.05) is 13.1 Å². The van der Waals surface area contributed by atoms with Crippen molar-refractivity contribution in [1.29, 1.82) is 0 Å². The minimum absolute atomic E-state index is 0. The lowest BCUT2D eigenvalue weighted by Crippen LogP contribution is -2.50. The lowest BCUT2D eigenvalue weighted by atomic mass is 9.82. The van der Waals surface area contributed by atoms with Gasteiger partial charge in [-0.05, 0) is 37.2 Å². The second-order valence-corrected chi connectivity index (χ2v) is 6.25. The summed E-state index contributed by atoms with van der Waals surface area (Å²) in [7, 11) is 0. The van der Waals surface area contributed by atoms with Crippen molar-refractivity contribution in [3.8, 4) is 0 Å². The SMILES string of the molecule is CCC1(CC)CCN(C(=O)C(C)(N)c2ccccc2)C1.Cl. The fourth-order valence-electron chi connectivity index (χ4n) is 3.17. The molecule has 0 bridgehead atoms. The molecule has 3 nitrogen and oxygen atoms in total. The summed E-state index contributed by atoms with van der Waals surface area (Å²) < 4.78 is 0. The van der Waals surface area contributed by atoms with Crippen LogP contribution in [-0.2, 0) is 10.3 Å². The Bertz CT molecular complexity index is 469. The van der Waals surface area contributed by atoms with Crippen LogP contribution in [0.3, 0.4) is 0 Å². The third kappa shape index (κ3) is 3.41. The van der Waals surface area contributed by atoms with Gasteiger partial charge >= 0.3 is 0 Å². The number of amides is 1. The van der Waals surface area contributed by atoms with Gasteiger partial charge in [0.2, 0.25) is 5.91 Å². The van der Waals surface area contributed by atoms with Crippen molar-refractivity contribution < 1.29 is 4.79 Å². The second kappa shape index (κ2) is 6.80. The molecule has 0 aliphatic carbocycles. The summed E-state index contributed by atoms with van der Waals surface area (Å²) in [5.41, 5.74) is 6.59. The Morgan fingerprint density at radius 1 is 1.29 bits per heavy atom. The normalized spacial score (nSPS) is 19.7. The topological polar surface area (TPSA) is 46.3 Å². The van der Waals surface area contributed by atoms with E-state index in [1.54, 1.807) is 0 Å². The van der Waals surface area contributed by atoms with Crippen LogP contribution in [0, 0.1) is 5.41 Å². The Labute approximate surface area is 134 Å². The molecule has 1 heterocycles. The Morgan fingerprint density at radius 3 is 2.33 bits per heavy atom. The average molecular weight is 311 g/mol. The van der Waals surface area contributed by atoms with Crippen molar-refractivity contribution >= 4 is 18.3 Å². The number of hydrogen-bond acceptors (Lipinski definition) is 2. The lowest BCUT2D eigenvalue weighted by molar-refractivity contribution is -0.136. The van der Waals surface area contributed by atoms with E-state index in [9.17, 15) is 4.79 Å². The highest BCUT2D eigenvalue weighted by atomic mass is 35.5. The highest BCUT2D eigenvalue weighted by molar-refractivity contribution is 5.87. The molecule has 118 valence electrons. The van der Waals surface area contributed by atoms with Crippen molar-refractivity contribution in [1.82, 2.24) is 4.90 Å². The van der Waals surface area contributed by atoms with Gasteiger partial charge in [-0.2, -0.15) is 0 Å². The van der Waals surface area contributed by atoms with Crippen LogP contribution in [0.4, 0.5) is 0 Å². The van der Waals surface area contributed by atoms with E-state index in [1.807, 2.05) is 42.2 Å². The summed E-state index contributed by atoms with van der Waals surface area (Å²) in [6.45, 7) is 7.94. The molecule has 1 unspecified atom stereocenters. The summed E-state index contributed by atoms with van der Waals surface area (Å²) in [6.07, 6.45) is 3.34. The van der Waals surface area contributed by atoms with Crippen LogP contribution >= 0.6 is 12.4 Å². The summed E-state index contributed by atoms with van der Waals surface area (Å²) in [5.74, 6) is 0.0486. The van der Waals surface area contributed by atoms with Gasteiger partial charge in [-0.15, -0.1) is 12.4 Å². The molecule has 2 N–H and O–H groups in total. The average Bonchev–Trinajstić information content (AvgIpc) is 2.92. The third-order valence-corrected chi connectivity index (χ3v) is 5.04. The fourth-order valence-corrected chi connectivity index (χ4v) is 3.17.